The molecule has 0 aliphatic carbocycles. The van der Waals surface area contributed by atoms with Crippen molar-refractivity contribution in [1.29, 1.82) is 0 Å². The summed E-state index contributed by atoms with van der Waals surface area (Å²) in [6, 6.07) is 8.11. The maximum atomic E-state index is 12.3. The van der Waals surface area contributed by atoms with E-state index in [1.54, 1.807) is 0 Å². The largest absolute Gasteiger partial charge is 0.384 e. The maximum absolute atomic E-state index is 12.3. The average Bonchev–Trinajstić information content (AvgIpc) is 3.05. The number of fused-ring (bicyclic) bond motifs is 1. The monoisotopic (exact) mass is 245 g/mol. The molecule has 0 amide bonds. The van der Waals surface area contributed by atoms with Gasteiger partial charge >= 0.3 is 0 Å². The van der Waals surface area contributed by atoms with Crippen molar-refractivity contribution < 1.29 is 9.53 Å². The highest BCUT2D eigenvalue weighted by atomic mass is 16.5. The summed E-state index contributed by atoms with van der Waals surface area (Å²) in [5, 5.41) is 3.31. The number of ketones is 1. The van der Waals surface area contributed by atoms with Crippen molar-refractivity contribution in [3.05, 3.63) is 29.8 Å². The Bertz CT molecular complexity index is 438. The van der Waals surface area contributed by atoms with Gasteiger partial charge in [0.15, 0.2) is 0 Å². The topological polar surface area (TPSA) is 38.3 Å². The number of para-hydroxylation sites is 1. The summed E-state index contributed by atoms with van der Waals surface area (Å²) in [4.78, 5) is 12.3. The summed E-state index contributed by atoms with van der Waals surface area (Å²) in [5.41, 5.74) is 2.28. The molecule has 1 saturated heterocycles. The van der Waals surface area contributed by atoms with Crippen LogP contribution in [0.2, 0.25) is 0 Å². The Morgan fingerprint density at radius 3 is 3.11 bits per heavy atom. The average molecular weight is 245 g/mol. The van der Waals surface area contributed by atoms with Crippen molar-refractivity contribution in [3.8, 4) is 0 Å². The van der Waals surface area contributed by atoms with Gasteiger partial charge in [-0.2, -0.15) is 0 Å². The van der Waals surface area contributed by atoms with Crippen LogP contribution in [0.3, 0.4) is 0 Å². The van der Waals surface area contributed by atoms with Crippen LogP contribution in [0.25, 0.3) is 0 Å². The normalized spacial score (nSPS) is 25.8. The molecular weight excluding hydrogens is 226 g/mol. The van der Waals surface area contributed by atoms with Gasteiger partial charge in [0, 0.05) is 25.3 Å². The summed E-state index contributed by atoms with van der Waals surface area (Å²) >= 11 is 0. The highest BCUT2D eigenvalue weighted by Gasteiger charge is 2.28. The van der Waals surface area contributed by atoms with Crippen molar-refractivity contribution >= 4 is 11.5 Å². The van der Waals surface area contributed by atoms with Crippen molar-refractivity contribution in [1.82, 2.24) is 0 Å². The van der Waals surface area contributed by atoms with Gasteiger partial charge in [0.25, 0.3) is 0 Å². The molecule has 2 aliphatic rings. The van der Waals surface area contributed by atoms with Crippen LogP contribution < -0.4 is 5.32 Å². The third-order valence-corrected chi connectivity index (χ3v) is 3.96. The van der Waals surface area contributed by atoms with Crippen LogP contribution in [0.1, 0.15) is 37.2 Å². The molecule has 2 aliphatic heterocycles. The molecule has 0 bridgehead atoms. The van der Waals surface area contributed by atoms with Crippen molar-refractivity contribution in [2.75, 3.05) is 18.5 Å². The SMILES string of the molecule is O=C(CCC1CCCO1)C1CNc2ccccc21. The Morgan fingerprint density at radius 1 is 1.39 bits per heavy atom. The predicted octanol–water partition coefficient (Wildman–Crippen LogP) is 2.72. The van der Waals surface area contributed by atoms with E-state index in [-0.39, 0.29) is 5.92 Å². The molecule has 0 aromatic heterocycles. The number of rotatable bonds is 4. The Balaban J connectivity index is 1.60. The Hall–Kier alpha value is -1.35. The van der Waals surface area contributed by atoms with Gasteiger partial charge in [-0.25, -0.2) is 0 Å². The maximum Gasteiger partial charge on any atom is 0.142 e. The van der Waals surface area contributed by atoms with Crippen LogP contribution in [0.4, 0.5) is 5.69 Å². The lowest BCUT2D eigenvalue weighted by molar-refractivity contribution is -0.120. The van der Waals surface area contributed by atoms with Crippen LogP contribution in [0, 0.1) is 0 Å². The predicted molar refractivity (Wildman–Crippen MR) is 70.9 cm³/mol. The van der Waals surface area contributed by atoms with E-state index in [1.807, 2.05) is 18.2 Å². The van der Waals surface area contributed by atoms with Crippen molar-refractivity contribution in [2.45, 2.75) is 37.7 Å². The van der Waals surface area contributed by atoms with E-state index in [1.165, 1.54) is 0 Å². The van der Waals surface area contributed by atoms with Crippen LogP contribution in [0.15, 0.2) is 24.3 Å². The zero-order valence-electron chi connectivity index (χ0n) is 10.5. The summed E-state index contributed by atoms with van der Waals surface area (Å²) in [5.74, 6) is 0.394. The molecule has 2 heterocycles. The smallest absolute Gasteiger partial charge is 0.142 e. The Morgan fingerprint density at radius 2 is 2.28 bits per heavy atom. The first-order valence-corrected chi connectivity index (χ1v) is 6.82. The Kier molecular flexibility index (Phi) is 3.33. The number of hydrogen-bond donors (Lipinski definition) is 1. The van der Waals surface area contributed by atoms with Crippen molar-refractivity contribution in [3.63, 3.8) is 0 Å². The highest BCUT2D eigenvalue weighted by Crippen LogP contribution is 2.33. The van der Waals surface area contributed by atoms with E-state index in [9.17, 15) is 4.79 Å². The molecule has 0 spiro atoms. The lowest BCUT2D eigenvalue weighted by Gasteiger charge is -2.12. The molecule has 3 nitrogen and oxygen atoms in total. The second kappa shape index (κ2) is 5.11. The molecule has 2 unspecified atom stereocenters. The zero-order valence-corrected chi connectivity index (χ0v) is 10.5. The van der Waals surface area contributed by atoms with Gasteiger partial charge in [-0.05, 0) is 30.9 Å². The third-order valence-electron chi connectivity index (χ3n) is 3.96. The molecule has 3 rings (SSSR count). The van der Waals surface area contributed by atoms with E-state index in [0.29, 0.717) is 18.3 Å². The van der Waals surface area contributed by atoms with E-state index < -0.39 is 0 Å². The minimum Gasteiger partial charge on any atom is -0.384 e. The van der Waals surface area contributed by atoms with Gasteiger partial charge in [-0.15, -0.1) is 0 Å². The Labute approximate surface area is 108 Å². The minimum atomic E-state index is 0.0441. The number of carbonyl (C=O) groups excluding carboxylic acids is 1. The van der Waals surface area contributed by atoms with Gasteiger partial charge in [0.1, 0.15) is 5.78 Å². The first-order valence-electron chi connectivity index (χ1n) is 6.82. The minimum absolute atomic E-state index is 0.0441. The van der Waals surface area contributed by atoms with E-state index in [4.69, 9.17) is 4.74 Å². The van der Waals surface area contributed by atoms with Gasteiger partial charge in [0.2, 0.25) is 0 Å². The zero-order chi connectivity index (χ0) is 12.4. The summed E-state index contributed by atoms with van der Waals surface area (Å²) in [7, 11) is 0. The first-order chi connectivity index (χ1) is 8.84. The number of carbonyl (C=O) groups is 1. The third kappa shape index (κ3) is 2.27. The van der Waals surface area contributed by atoms with E-state index >= 15 is 0 Å². The second-order valence-corrected chi connectivity index (χ2v) is 5.16. The van der Waals surface area contributed by atoms with E-state index in [0.717, 1.165) is 43.7 Å². The molecular formula is C15H19NO2. The molecule has 1 N–H and O–H groups in total. The van der Waals surface area contributed by atoms with Crippen LogP contribution in [-0.4, -0.2) is 25.0 Å². The number of Topliss-reactive ketones (excluding diaryl/α,β-unsaturated/α-hetero) is 1. The molecule has 1 aromatic rings. The van der Waals surface area contributed by atoms with E-state index in [2.05, 4.69) is 11.4 Å². The van der Waals surface area contributed by atoms with Gasteiger partial charge in [0.05, 0.1) is 12.0 Å². The summed E-state index contributed by atoms with van der Waals surface area (Å²) in [6.45, 7) is 1.62. The molecule has 1 fully saturated rings. The molecule has 96 valence electrons. The number of anilines is 1. The fourth-order valence-corrected chi connectivity index (χ4v) is 2.92. The van der Waals surface area contributed by atoms with Gasteiger partial charge in [-0.3, -0.25) is 4.79 Å². The van der Waals surface area contributed by atoms with Gasteiger partial charge < -0.3 is 10.1 Å². The molecule has 0 saturated carbocycles. The standard InChI is InChI=1S/C15H19NO2/c17-15(8-7-11-4-3-9-18-11)13-10-16-14-6-2-1-5-12(13)14/h1-2,5-6,11,13,16H,3-4,7-10H2. The number of benzene rings is 1. The summed E-state index contributed by atoms with van der Waals surface area (Å²) in [6.07, 6.45) is 4.11. The quantitative estimate of drug-likeness (QED) is 0.886. The summed E-state index contributed by atoms with van der Waals surface area (Å²) < 4.78 is 5.57. The van der Waals surface area contributed by atoms with Crippen LogP contribution in [-0.2, 0) is 9.53 Å². The molecule has 0 radical (unpaired) electrons. The number of hydrogen-bond acceptors (Lipinski definition) is 3. The van der Waals surface area contributed by atoms with Crippen LogP contribution in [0.5, 0.6) is 0 Å². The fourth-order valence-electron chi connectivity index (χ4n) is 2.92. The molecule has 18 heavy (non-hydrogen) atoms. The molecule has 1 aromatic carbocycles. The molecule has 2 atom stereocenters. The fraction of sp³-hybridized carbons (Fsp3) is 0.533. The van der Waals surface area contributed by atoms with Crippen molar-refractivity contribution in [2.24, 2.45) is 0 Å². The second-order valence-electron chi connectivity index (χ2n) is 5.16. The highest BCUT2D eigenvalue weighted by molar-refractivity contribution is 5.89. The first kappa shape index (κ1) is 11.7. The van der Waals surface area contributed by atoms with Gasteiger partial charge in [-0.1, -0.05) is 18.2 Å². The van der Waals surface area contributed by atoms with Crippen LogP contribution >= 0.6 is 0 Å². The number of nitrogens with one attached hydrogen (secondary N) is 1. The molecule has 3 heteroatoms. The lowest BCUT2D eigenvalue weighted by Crippen LogP contribution is -2.17. The lowest BCUT2D eigenvalue weighted by atomic mass is 9.93. The number of ether oxygens (including phenoxy) is 1.